The zero-order valence-corrected chi connectivity index (χ0v) is 15.9. The Balaban J connectivity index is 1.58. The zero-order valence-electron chi connectivity index (χ0n) is 13.4. The first-order valence-electron chi connectivity index (χ1n) is 7.79. The van der Waals surface area contributed by atoms with E-state index in [2.05, 4.69) is 20.7 Å². The summed E-state index contributed by atoms with van der Waals surface area (Å²) in [5.41, 5.74) is 10.8. The molecular formula is C17H15N5OS3. The SMILES string of the molecule is NC1=NN[C@@H](c2ccccc2O)[C@@H](Sc2nnc(-c3ccccc3)s2)S1. The number of thioether (sulfide) groups is 2. The van der Waals surface area contributed by atoms with E-state index in [0.717, 1.165) is 20.5 Å². The van der Waals surface area contributed by atoms with Gasteiger partial charge in [-0.25, -0.2) is 0 Å². The van der Waals surface area contributed by atoms with Gasteiger partial charge in [-0.1, -0.05) is 83.4 Å². The van der Waals surface area contributed by atoms with E-state index >= 15 is 0 Å². The van der Waals surface area contributed by atoms with Crippen molar-refractivity contribution >= 4 is 40.0 Å². The molecule has 2 atom stereocenters. The molecule has 1 aliphatic heterocycles. The number of nitrogens with zero attached hydrogens (tertiary/aromatic N) is 3. The zero-order chi connectivity index (χ0) is 17.9. The lowest BCUT2D eigenvalue weighted by atomic mass is 10.1. The number of phenols is 1. The lowest BCUT2D eigenvalue weighted by Gasteiger charge is -2.29. The maximum Gasteiger partial charge on any atom is 0.178 e. The van der Waals surface area contributed by atoms with Gasteiger partial charge in [-0.3, -0.25) is 5.43 Å². The van der Waals surface area contributed by atoms with E-state index in [1.807, 2.05) is 42.5 Å². The first-order valence-corrected chi connectivity index (χ1v) is 10.4. The third-order valence-corrected chi connectivity index (χ3v) is 7.25. The van der Waals surface area contributed by atoms with E-state index < -0.39 is 0 Å². The maximum atomic E-state index is 10.2. The second kappa shape index (κ2) is 7.56. The summed E-state index contributed by atoms with van der Waals surface area (Å²) in [6, 6.07) is 17.0. The summed E-state index contributed by atoms with van der Waals surface area (Å²) < 4.78 is 0.815. The Morgan fingerprint density at radius 2 is 1.81 bits per heavy atom. The molecule has 0 spiro atoms. The van der Waals surface area contributed by atoms with Gasteiger partial charge < -0.3 is 10.8 Å². The van der Waals surface area contributed by atoms with Crippen molar-refractivity contribution in [2.24, 2.45) is 10.8 Å². The molecule has 0 saturated heterocycles. The number of hydrogen-bond donors (Lipinski definition) is 3. The summed E-state index contributed by atoms with van der Waals surface area (Å²) >= 11 is 4.56. The van der Waals surface area contributed by atoms with Crippen LogP contribution >= 0.6 is 34.9 Å². The highest BCUT2D eigenvalue weighted by Crippen LogP contribution is 2.44. The minimum absolute atomic E-state index is 0.0302. The van der Waals surface area contributed by atoms with Gasteiger partial charge in [-0.05, 0) is 6.07 Å². The fourth-order valence-electron chi connectivity index (χ4n) is 2.52. The molecule has 0 saturated carbocycles. The molecule has 2 heterocycles. The Hall–Kier alpha value is -2.23. The highest BCUT2D eigenvalue weighted by Gasteiger charge is 2.32. The third-order valence-electron chi connectivity index (χ3n) is 3.74. The van der Waals surface area contributed by atoms with Crippen molar-refractivity contribution < 1.29 is 5.11 Å². The number of hydrogen-bond acceptors (Lipinski definition) is 9. The second-order valence-electron chi connectivity index (χ2n) is 5.46. The van der Waals surface area contributed by atoms with Crippen molar-refractivity contribution in [1.82, 2.24) is 15.6 Å². The minimum Gasteiger partial charge on any atom is -0.508 e. The Morgan fingerprint density at radius 1 is 1.04 bits per heavy atom. The van der Waals surface area contributed by atoms with Crippen LogP contribution in [-0.2, 0) is 0 Å². The van der Waals surface area contributed by atoms with E-state index in [9.17, 15) is 5.11 Å². The van der Waals surface area contributed by atoms with E-state index in [0.29, 0.717) is 5.17 Å². The van der Waals surface area contributed by atoms with Crippen molar-refractivity contribution in [1.29, 1.82) is 0 Å². The number of aromatic hydroxyl groups is 1. The first kappa shape index (κ1) is 17.2. The predicted octanol–water partition coefficient (Wildman–Crippen LogP) is 3.64. The molecule has 4 rings (SSSR count). The molecule has 1 aromatic heterocycles. The van der Waals surface area contributed by atoms with Gasteiger partial charge in [0, 0.05) is 11.1 Å². The lowest BCUT2D eigenvalue weighted by molar-refractivity contribution is 0.453. The van der Waals surface area contributed by atoms with Crippen molar-refractivity contribution in [3.63, 3.8) is 0 Å². The van der Waals surface area contributed by atoms with Gasteiger partial charge in [0.1, 0.15) is 10.8 Å². The van der Waals surface area contributed by atoms with Crippen molar-refractivity contribution in [3.8, 4) is 16.3 Å². The molecule has 1 aliphatic rings. The number of para-hydroxylation sites is 1. The lowest BCUT2D eigenvalue weighted by Crippen LogP contribution is -2.33. The van der Waals surface area contributed by atoms with Gasteiger partial charge in [-0.15, -0.1) is 10.2 Å². The summed E-state index contributed by atoms with van der Waals surface area (Å²) in [5, 5.41) is 24.3. The molecule has 26 heavy (non-hydrogen) atoms. The topological polar surface area (TPSA) is 96.4 Å². The summed E-state index contributed by atoms with van der Waals surface area (Å²) in [7, 11) is 0. The van der Waals surface area contributed by atoms with Crippen LogP contribution in [0.4, 0.5) is 0 Å². The fraction of sp³-hybridized carbons (Fsp3) is 0.118. The van der Waals surface area contributed by atoms with Crippen LogP contribution in [0.25, 0.3) is 10.6 Å². The van der Waals surface area contributed by atoms with Crippen LogP contribution < -0.4 is 11.2 Å². The number of benzene rings is 2. The molecule has 9 heteroatoms. The van der Waals surface area contributed by atoms with Crippen LogP contribution in [0.2, 0.25) is 0 Å². The van der Waals surface area contributed by atoms with Crippen LogP contribution in [0, 0.1) is 0 Å². The standard InChI is InChI=1S/C17H15N5OS3/c18-16-21-19-13(11-8-4-5-9-12(11)23)15(25-16)26-17-22-20-14(24-17)10-6-2-1-3-7-10/h1-9,13,15,19,23H,(H2,18,21)/t13-,15+/m0/s1. The average molecular weight is 402 g/mol. The van der Waals surface area contributed by atoms with Crippen LogP contribution in [0.15, 0.2) is 64.0 Å². The molecule has 3 aromatic rings. The van der Waals surface area contributed by atoms with E-state index in [1.54, 1.807) is 23.9 Å². The highest BCUT2D eigenvalue weighted by molar-refractivity contribution is 8.25. The molecular weight excluding hydrogens is 386 g/mol. The monoisotopic (exact) mass is 401 g/mol. The molecule has 0 radical (unpaired) electrons. The largest absolute Gasteiger partial charge is 0.508 e. The number of nitrogens with two attached hydrogens (primary N) is 1. The first-order chi connectivity index (χ1) is 12.7. The van der Waals surface area contributed by atoms with Gasteiger partial charge in [0.15, 0.2) is 9.51 Å². The molecule has 0 unspecified atom stereocenters. The Bertz CT molecular complexity index is 931. The summed E-state index contributed by atoms with van der Waals surface area (Å²) in [6.45, 7) is 0. The van der Waals surface area contributed by atoms with Gasteiger partial charge in [-0.2, -0.15) is 5.10 Å². The maximum absolute atomic E-state index is 10.2. The van der Waals surface area contributed by atoms with Gasteiger partial charge >= 0.3 is 0 Å². The van der Waals surface area contributed by atoms with Crippen LogP contribution in [0.3, 0.4) is 0 Å². The molecule has 0 amide bonds. The van der Waals surface area contributed by atoms with Crippen LogP contribution in [0.1, 0.15) is 11.6 Å². The summed E-state index contributed by atoms with van der Waals surface area (Å²) in [5.74, 6) is 0.231. The number of phenolic OH excluding ortho intramolecular Hbond substituents is 1. The van der Waals surface area contributed by atoms with Crippen LogP contribution in [0.5, 0.6) is 5.75 Å². The Morgan fingerprint density at radius 3 is 2.62 bits per heavy atom. The van der Waals surface area contributed by atoms with E-state index in [1.165, 1.54) is 23.1 Å². The summed E-state index contributed by atoms with van der Waals surface area (Å²) in [4.78, 5) is 0. The van der Waals surface area contributed by atoms with Crippen LogP contribution in [-0.4, -0.2) is 25.1 Å². The normalized spacial score (nSPS) is 19.6. The minimum atomic E-state index is -0.192. The molecule has 0 fully saturated rings. The summed E-state index contributed by atoms with van der Waals surface area (Å²) in [6.07, 6.45) is 0. The molecule has 132 valence electrons. The van der Waals surface area contributed by atoms with Crippen molar-refractivity contribution in [2.45, 2.75) is 15.0 Å². The number of nitrogens with one attached hydrogen (secondary N) is 1. The fourth-order valence-corrected chi connectivity index (χ4v) is 6.10. The number of aromatic nitrogens is 2. The van der Waals surface area contributed by atoms with Gasteiger partial charge in [0.2, 0.25) is 0 Å². The molecule has 6 nitrogen and oxygen atoms in total. The van der Waals surface area contributed by atoms with E-state index in [-0.39, 0.29) is 16.4 Å². The van der Waals surface area contributed by atoms with E-state index in [4.69, 9.17) is 5.73 Å². The number of rotatable bonds is 4. The second-order valence-corrected chi connectivity index (χ2v) is 9.29. The Labute approximate surface area is 162 Å². The van der Waals surface area contributed by atoms with Gasteiger partial charge in [0.25, 0.3) is 0 Å². The smallest absolute Gasteiger partial charge is 0.178 e. The van der Waals surface area contributed by atoms with Crippen molar-refractivity contribution in [2.75, 3.05) is 0 Å². The molecule has 4 N–H and O–H groups in total. The van der Waals surface area contributed by atoms with Crippen molar-refractivity contribution in [3.05, 3.63) is 60.2 Å². The predicted molar refractivity (Wildman–Crippen MR) is 108 cm³/mol. The molecule has 2 aromatic carbocycles. The Kier molecular flexibility index (Phi) is 5.00. The third kappa shape index (κ3) is 3.64. The van der Waals surface area contributed by atoms with Gasteiger partial charge in [0.05, 0.1) is 10.6 Å². The quantitative estimate of drug-likeness (QED) is 0.614. The number of hydrazone groups is 1. The number of amidine groups is 1. The molecule has 0 bridgehead atoms. The molecule has 0 aliphatic carbocycles. The highest BCUT2D eigenvalue weighted by atomic mass is 32.2. The average Bonchev–Trinajstić information content (AvgIpc) is 3.12.